The number of carbonyl (C=O) groups is 1. The summed E-state index contributed by atoms with van der Waals surface area (Å²) in [5.74, 6) is -0.194. The van der Waals surface area contributed by atoms with E-state index in [2.05, 4.69) is 5.48 Å². The Kier molecular flexibility index (Phi) is 5.31. The van der Waals surface area contributed by atoms with Crippen LogP contribution in [-0.2, 0) is 20.8 Å². The second-order valence-electron chi connectivity index (χ2n) is 3.28. The van der Waals surface area contributed by atoms with Crippen molar-refractivity contribution in [2.24, 2.45) is 0 Å². The van der Waals surface area contributed by atoms with Crippen LogP contribution >= 0.6 is 0 Å². The zero-order valence-electron chi connectivity index (χ0n) is 9.23. The van der Waals surface area contributed by atoms with Gasteiger partial charge in [0.15, 0.2) is 0 Å². The number of nitrogens with one attached hydrogen (secondary N) is 1. The van der Waals surface area contributed by atoms with E-state index in [-0.39, 0.29) is 12.3 Å². The van der Waals surface area contributed by atoms with Crippen LogP contribution in [0.1, 0.15) is 5.56 Å². The number of ether oxygens (including phenoxy) is 1. The first-order valence-corrected chi connectivity index (χ1v) is 4.96. The van der Waals surface area contributed by atoms with Gasteiger partial charge < -0.3 is 10.5 Å². The number of hydroxylamine groups is 1. The Morgan fingerprint density at radius 2 is 2.00 bits per heavy atom. The van der Waals surface area contributed by atoms with E-state index in [9.17, 15) is 4.79 Å². The zero-order valence-corrected chi connectivity index (χ0v) is 9.23. The maximum Gasteiger partial charge on any atom is 0.247 e. The number of amides is 1. The molecular formula is C11H16N2O3. The molecule has 1 aromatic rings. The van der Waals surface area contributed by atoms with E-state index in [1.54, 1.807) is 19.2 Å². The van der Waals surface area contributed by atoms with Crippen LogP contribution in [0.15, 0.2) is 24.3 Å². The first kappa shape index (κ1) is 12.5. The quantitative estimate of drug-likeness (QED) is 0.419. The number of rotatable bonds is 6. The number of benzene rings is 1. The number of hydrogen-bond acceptors (Lipinski definition) is 4. The van der Waals surface area contributed by atoms with Crippen LogP contribution in [0.4, 0.5) is 5.69 Å². The molecule has 88 valence electrons. The van der Waals surface area contributed by atoms with Crippen LogP contribution in [0.3, 0.4) is 0 Å². The summed E-state index contributed by atoms with van der Waals surface area (Å²) in [5, 5.41) is 0. The Balaban J connectivity index is 2.26. The summed E-state index contributed by atoms with van der Waals surface area (Å²) in [5.41, 5.74) is 9.43. The fraction of sp³-hybridized carbons (Fsp3) is 0.364. The maximum atomic E-state index is 11.4. The second kappa shape index (κ2) is 6.81. The van der Waals surface area contributed by atoms with Crippen molar-refractivity contribution >= 4 is 11.6 Å². The van der Waals surface area contributed by atoms with E-state index < -0.39 is 0 Å². The van der Waals surface area contributed by atoms with Crippen molar-refractivity contribution in [2.75, 3.05) is 26.1 Å². The average molecular weight is 224 g/mol. The Morgan fingerprint density at radius 3 is 2.62 bits per heavy atom. The molecule has 1 amide bonds. The molecule has 3 N–H and O–H groups in total. The van der Waals surface area contributed by atoms with Gasteiger partial charge in [-0.2, -0.15) is 0 Å². The first-order chi connectivity index (χ1) is 7.72. The van der Waals surface area contributed by atoms with E-state index in [1.165, 1.54) is 0 Å². The molecule has 0 aliphatic carbocycles. The van der Waals surface area contributed by atoms with E-state index >= 15 is 0 Å². The lowest BCUT2D eigenvalue weighted by Gasteiger charge is -2.05. The number of carbonyl (C=O) groups excluding carboxylic acids is 1. The van der Waals surface area contributed by atoms with Crippen LogP contribution in [0.25, 0.3) is 0 Å². The second-order valence-corrected chi connectivity index (χ2v) is 3.28. The molecule has 5 heteroatoms. The molecule has 0 unspecified atom stereocenters. The molecule has 0 fully saturated rings. The van der Waals surface area contributed by atoms with Crippen LogP contribution in [0.5, 0.6) is 0 Å². The van der Waals surface area contributed by atoms with Gasteiger partial charge in [0.1, 0.15) is 0 Å². The fourth-order valence-electron chi connectivity index (χ4n) is 1.11. The number of hydrogen-bond donors (Lipinski definition) is 2. The third-order valence-corrected chi connectivity index (χ3v) is 1.92. The van der Waals surface area contributed by atoms with Gasteiger partial charge in [-0.05, 0) is 17.7 Å². The molecule has 0 aliphatic rings. The highest BCUT2D eigenvalue weighted by Gasteiger charge is 2.02. The van der Waals surface area contributed by atoms with Gasteiger partial charge in [0.25, 0.3) is 0 Å². The minimum Gasteiger partial charge on any atom is -0.399 e. The molecule has 1 rings (SSSR count). The summed E-state index contributed by atoms with van der Waals surface area (Å²) in [7, 11) is 1.57. The SMILES string of the molecule is COCCONC(=O)Cc1ccc(N)cc1. The van der Waals surface area contributed by atoms with Gasteiger partial charge in [-0.3, -0.25) is 9.63 Å². The van der Waals surface area contributed by atoms with Crippen molar-refractivity contribution in [3.05, 3.63) is 29.8 Å². The molecule has 0 aromatic heterocycles. The van der Waals surface area contributed by atoms with Crippen LogP contribution in [-0.4, -0.2) is 26.2 Å². The smallest absolute Gasteiger partial charge is 0.247 e. The van der Waals surface area contributed by atoms with Crippen LogP contribution in [0, 0.1) is 0 Å². The monoisotopic (exact) mass is 224 g/mol. The predicted octanol–water partition coefficient (Wildman–Crippen LogP) is 0.505. The lowest BCUT2D eigenvalue weighted by atomic mass is 10.1. The van der Waals surface area contributed by atoms with Gasteiger partial charge >= 0.3 is 0 Å². The highest BCUT2D eigenvalue weighted by atomic mass is 16.7. The van der Waals surface area contributed by atoms with Gasteiger partial charge in [-0.25, -0.2) is 5.48 Å². The topological polar surface area (TPSA) is 73.6 Å². The molecule has 0 saturated heterocycles. The third-order valence-electron chi connectivity index (χ3n) is 1.92. The Morgan fingerprint density at radius 1 is 1.31 bits per heavy atom. The predicted molar refractivity (Wildman–Crippen MR) is 60.5 cm³/mol. The van der Waals surface area contributed by atoms with Crippen molar-refractivity contribution in [3.63, 3.8) is 0 Å². The lowest BCUT2D eigenvalue weighted by Crippen LogP contribution is -2.26. The normalized spacial score (nSPS) is 10.1. The summed E-state index contributed by atoms with van der Waals surface area (Å²) in [6, 6.07) is 7.14. The largest absolute Gasteiger partial charge is 0.399 e. The molecule has 1 aromatic carbocycles. The Labute approximate surface area is 94.5 Å². The van der Waals surface area contributed by atoms with Crippen molar-refractivity contribution in [1.29, 1.82) is 0 Å². The van der Waals surface area contributed by atoms with Crippen LogP contribution < -0.4 is 11.2 Å². The molecule has 0 atom stereocenters. The van der Waals surface area contributed by atoms with Crippen molar-refractivity contribution < 1.29 is 14.4 Å². The van der Waals surface area contributed by atoms with Crippen molar-refractivity contribution in [1.82, 2.24) is 5.48 Å². The summed E-state index contributed by atoms with van der Waals surface area (Å²) in [6.45, 7) is 0.784. The number of anilines is 1. The minimum atomic E-state index is -0.194. The van der Waals surface area contributed by atoms with Gasteiger partial charge in [-0.15, -0.1) is 0 Å². The van der Waals surface area contributed by atoms with E-state index in [4.69, 9.17) is 15.3 Å². The fourth-order valence-corrected chi connectivity index (χ4v) is 1.11. The molecule has 0 radical (unpaired) electrons. The highest BCUT2D eigenvalue weighted by Crippen LogP contribution is 2.05. The number of nitrogen functional groups attached to an aromatic ring is 1. The maximum absolute atomic E-state index is 11.4. The molecule has 0 spiro atoms. The summed E-state index contributed by atoms with van der Waals surface area (Å²) in [4.78, 5) is 16.2. The third kappa shape index (κ3) is 4.77. The van der Waals surface area contributed by atoms with Gasteiger partial charge in [0.05, 0.1) is 19.6 Å². The number of methoxy groups -OCH3 is 1. The molecule has 0 heterocycles. The van der Waals surface area contributed by atoms with Crippen LogP contribution in [0.2, 0.25) is 0 Å². The van der Waals surface area contributed by atoms with E-state index in [1.807, 2.05) is 12.1 Å². The zero-order chi connectivity index (χ0) is 11.8. The van der Waals surface area contributed by atoms with E-state index in [0.29, 0.717) is 18.9 Å². The molecule has 0 aliphatic heterocycles. The van der Waals surface area contributed by atoms with Gasteiger partial charge in [-0.1, -0.05) is 12.1 Å². The molecule has 5 nitrogen and oxygen atoms in total. The summed E-state index contributed by atoms with van der Waals surface area (Å²) in [6.07, 6.45) is 0.271. The molecule has 0 bridgehead atoms. The standard InChI is InChI=1S/C11H16N2O3/c1-15-6-7-16-13-11(14)8-9-2-4-10(12)5-3-9/h2-5H,6-8,12H2,1H3,(H,13,14). The summed E-state index contributed by atoms with van der Waals surface area (Å²) >= 11 is 0. The minimum absolute atomic E-state index is 0.194. The lowest BCUT2D eigenvalue weighted by molar-refractivity contribution is -0.133. The highest BCUT2D eigenvalue weighted by molar-refractivity contribution is 5.77. The Hall–Kier alpha value is -1.59. The van der Waals surface area contributed by atoms with Crippen molar-refractivity contribution in [2.45, 2.75) is 6.42 Å². The van der Waals surface area contributed by atoms with Gasteiger partial charge in [0, 0.05) is 12.8 Å². The van der Waals surface area contributed by atoms with Gasteiger partial charge in [0.2, 0.25) is 5.91 Å². The molecule has 16 heavy (non-hydrogen) atoms. The summed E-state index contributed by atoms with van der Waals surface area (Å²) < 4.78 is 4.76. The van der Waals surface area contributed by atoms with E-state index in [0.717, 1.165) is 5.56 Å². The number of nitrogens with two attached hydrogens (primary N) is 1. The molecule has 0 saturated carbocycles. The first-order valence-electron chi connectivity index (χ1n) is 4.96. The Bertz CT molecular complexity index is 325. The van der Waals surface area contributed by atoms with Crippen molar-refractivity contribution in [3.8, 4) is 0 Å². The molecular weight excluding hydrogens is 208 g/mol. The average Bonchev–Trinajstić information content (AvgIpc) is 2.28.